The minimum Gasteiger partial charge on any atom is -0.240 e. The van der Waals surface area contributed by atoms with Crippen molar-refractivity contribution in [3.63, 3.8) is 0 Å². The predicted octanol–water partition coefficient (Wildman–Crippen LogP) is 13.1. The average molecular weight is 676 g/mol. The Labute approximate surface area is 308 Å². The first-order chi connectivity index (χ1) is 26.2. The lowest BCUT2D eigenvalue weighted by atomic mass is 9.81. The minimum absolute atomic E-state index is 0.911. The number of nitrogens with zero attached hydrogens (tertiary/aromatic N) is 1. The number of hydrogen-bond acceptors (Lipinski definition) is 0. The summed E-state index contributed by atoms with van der Waals surface area (Å²) in [5.74, 6) is 1.19. The third-order valence-corrected chi connectivity index (χ3v) is 11.3. The number of imidazole rings is 1. The van der Waals surface area contributed by atoms with Gasteiger partial charge in [0.15, 0.2) is 11.0 Å². The highest BCUT2D eigenvalue weighted by molar-refractivity contribution is 6.23. The van der Waals surface area contributed by atoms with Crippen molar-refractivity contribution in [2.45, 2.75) is 13.3 Å². The molecular formula is C51H35N2+. The van der Waals surface area contributed by atoms with Gasteiger partial charge in [0.1, 0.15) is 5.69 Å². The van der Waals surface area contributed by atoms with Gasteiger partial charge in [-0.2, -0.15) is 4.57 Å². The highest BCUT2D eigenvalue weighted by atomic mass is 15.1. The molecule has 1 aromatic heterocycles. The van der Waals surface area contributed by atoms with E-state index in [1.165, 1.54) is 99.3 Å². The molecule has 0 bridgehead atoms. The Balaban J connectivity index is 1.23. The fraction of sp³-hybridized carbons (Fsp3) is 0.0392. The van der Waals surface area contributed by atoms with Gasteiger partial charge in [-0.3, -0.25) is 0 Å². The van der Waals surface area contributed by atoms with E-state index in [4.69, 9.17) is 0 Å². The van der Waals surface area contributed by atoms with Crippen molar-refractivity contribution in [3.8, 4) is 61.3 Å². The minimum atomic E-state index is 0.911. The average Bonchev–Trinajstić information content (AvgIpc) is 3.77. The van der Waals surface area contributed by atoms with Crippen molar-refractivity contribution in [2.24, 2.45) is 0 Å². The Morgan fingerprint density at radius 1 is 0.415 bits per heavy atom. The van der Waals surface area contributed by atoms with Gasteiger partial charge in [-0.25, -0.2) is 4.98 Å². The summed E-state index contributed by atoms with van der Waals surface area (Å²) in [6.07, 6.45) is 0.911. The molecule has 2 nitrogen and oxygen atoms in total. The zero-order chi connectivity index (χ0) is 35.0. The molecule has 11 rings (SSSR count). The summed E-state index contributed by atoms with van der Waals surface area (Å²) in [5.41, 5.74) is 16.2. The number of para-hydroxylation sites is 2. The first-order valence-corrected chi connectivity index (χ1v) is 18.6. The van der Waals surface area contributed by atoms with Crippen LogP contribution in [0.3, 0.4) is 0 Å². The zero-order valence-electron chi connectivity index (χ0n) is 29.4. The molecule has 0 saturated heterocycles. The van der Waals surface area contributed by atoms with E-state index < -0.39 is 0 Å². The Bertz CT molecular complexity index is 3080. The molecule has 0 unspecified atom stereocenters. The summed E-state index contributed by atoms with van der Waals surface area (Å²) in [6, 6.07) is 65.2. The van der Waals surface area contributed by atoms with Crippen LogP contribution in [0.1, 0.15) is 12.7 Å². The molecule has 0 atom stereocenters. The first kappa shape index (κ1) is 29.9. The SMILES string of the molecule is CCc1[nH]c2ccccc2[n+]1-c1ccc(-c2cc(-c3ccc4ccccc4c3)c3c(c2-c2ccc4ccccc4c2)-c2cccc4cccc-3c24)cc1. The monoisotopic (exact) mass is 675 g/mol. The molecule has 0 amide bonds. The third-order valence-electron chi connectivity index (χ3n) is 11.3. The summed E-state index contributed by atoms with van der Waals surface area (Å²) in [7, 11) is 0. The normalized spacial score (nSPS) is 11.9. The molecule has 0 spiro atoms. The number of aromatic amines is 1. The maximum Gasteiger partial charge on any atom is 0.260 e. The predicted molar refractivity (Wildman–Crippen MR) is 222 cm³/mol. The quantitative estimate of drug-likeness (QED) is 0.175. The van der Waals surface area contributed by atoms with Crippen LogP contribution in [-0.4, -0.2) is 4.98 Å². The Morgan fingerprint density at radius 3 is 1.70 bits per heavy atom. The first-order valence-electron chi connectivity index (χ1n) is 18.6. The number of fused-ring (bicyclic) bond motifs is 6. The molecule has 0 radical (unpaired) electrons. The second kappa shape index (κ2) is 11.6. The van der Waals surface area contributed by atoms with Gasteiger partial charge in [-0.1, -0.05) is 140 Å². The van der Waals surface area contributed by atoms with Crippen molar-refractivity contribution in [1.82, 2.24) is 4.98 Å². The molecule has 1 aliphatic carbocycles. The van der Waals surface area contributed by atoms with Crippen LogP contribution in [0.4, 0.5) is 0 Å². The molecule has 0 saturated carbocycles. The van der Waals surface area contributed by atoms with Crippen LogP contribution >= 0.6 is 0 Å². The van der Waals surface area contributed by atoms with Crippen LogP contribution in [0, 0.1) is 0 Å². The second-order valence-corrected chi connectivity index (χ2v) is 14.3. The second-order valence-electron chi connectivity index (χ2n) is 14.3. The van der Waals surface area contributed by atoms with Crippen LogP contribution in [0.15, 0.2) is 176 Å². The van der Waals surface area contributed by atoms with Crippen molar-refractivity contribution >= 4 is 43.4 Å². The van der Waals surface area contributed by atoms with Gasteiger partial charge in [0.05, 0.1) is 0 Å². The summed E-state index contributed by atoms with van der Waals surface area (Å²) in [5, 5.41) is 7.61. The van der Waals surface area contributed by atoms with Gasteiger partial charge in [-0.05, 0) is 130 Å². The Hall–Kier alpha value is -6.77. The van der Waals surface area contributed by atoms with Crippen LogP contribution in [0.5, 0.6) is 0 Å². The van der Waals surface area contributed by atoms with Crippen molar-refractivity contribution in [1.29, 1.82) is 0 Å². The van der Waals surface area contributed by atoms with Gasteiger partial charge < -0.3 is 0 Å². The van der Waals surface area contributed by atoms with E-state index in [9.17, 15) is 0 Å². The highest BCUT2D eigenvalue weighted by Crippen LogP contribution is 2.57. The van der Waals surface area contributed by atoms with Gasteiger partial charge in [-0.15, -0.1) is 0 Å². The summed E-state index contributed by atoms with van der Waals surface area (Å²) in [6.45, 7) is 2.21. The molecule has 248 valence electrons. The lowest BCUT2D eigenvalue weighted by Gasteiger charge is -2.21. The molecule has 2 heteroatoms. The van der Waals surface area contributed by atoms with Crippen LogP contribution in [-0.2, 0) is 6.42 Å². The highest BCUT2D eigenvalue weighted by Gasteiger charge is 2.30. The Kier molecular flexibility index (Phi) is 6.56. The van der Waals surface area contributed by atoms with E-state index in [1.807, 2.05) is 0 Å². The molecule has 10 aromatic rings. The topological polar surface area (TPSA) is 19.7 Å². The van der Waals surface area contributed by atoms with Gasteiger partial charge >= 0.3 is 0 Å². The van der Waals surface area contributed by atoms with Gasteiger partial charge in [0.25, 0.3) is 5.82 Å². The van der Waals surface area contributed by atoms with Crippen molar-refractivity contribution in [2.75, 3.05) is 0 Å². The lowest BCUT2D eigenvalue weighted by molar-refractivity contribution is -0.576. The number of aromatic nitrogens is 2. The van der Waals surface area contributed by atoms with Crippen LogP contribution in [0.2, 0.25) is 0 Å². The molecule has 1 heterocycles. The Morgan fingerprint density at radius 2 is 0.981 bits per heavy atom. The largest absolute Gasteiger partial charge is 0.260 e. The van der Waals surface area contributed by atoms with Crippen LogP contribution in [0.25, 0.3) is 105 Å². The molecule has 53 heavy (non-hydrogen) atoms. The summed E-state index contributed by atoms with van der Waals surface area (Å²) < 4.78 is 2.36. The maximum atomic E-state index is 3.65. The molecule has 0 fully saturated rings. The summed E-state index contributed by atoms with van der Waals surface area (Å²) >= 11 is 0. The molecule has 0 aliphatic heterocycles. The lowest BCUT2D eigenvalue weighted by Crippen LogP contribution is -2.33. The van der Waals surface area contributed by atoms with Crippen molar-refractivity contribution in [3.05, 3.63) is 182 Å². The number of rotatable bonds is 5. The number of hydrogen-bond donors (Lipinski definition) is 1. The molecule has 9 aromatic carbocycles. The van der Waals surface area contributed by atoms with E-state index in [-0.39, 0.29) is 0 Å². The summed E-state index contributed by atoms with van der Waals surface area (Å²) in [4.78, 5) is 3.65. The fourth-order valence-electron chi connectivity index (χ4n) is 8.91. The number of benzene rings is 9. The van der Waals surface area contributed by atoms with Crippen molar-refractivity contribution < 1.29 is 4.57 Å². The van der Waals surface area contributed by atoms with E-state index in [0.717, 1.165) is 17.6 Å². The number of aryl methyl sites for hydroxylation is 1. The van der Waals surface area contributed by atoms with Crippen LogP contribution < -0.4 is 4.57 Å². The maximum absolute atomic E-state index is 3.65. The third kappa shape index (κ3) is 4.55. The van der Waals surface area contributed by atoms with E-state index in [0.29, 0.717) is 0 Å². The van der Waals surface area contributed by atoms with Gasteiger partial charge in [0.2, 0.25) is 0 Å². The zero-order valence-corrected chi connectivity index (χ0v) is 29.4. The number of nitrogens with one attached hydrogen (secondary N) is 1. The van der Waals surface area contributed by atoms with Gasteiger partial charge in [0, 0.05) is 6.42 Å². The van der Waals surface area contributed by atoms with E-state index >= 15 is 0 Å². The van der Waals surface area contributed by atoms with E-state index in [2.05, 4.69) is 192 Å². The molecular weight excluding hydrogens is 641 g/mol. The molecule has 1 N–H and O–H groups in total. The smallest absolute Gasteiger partial charge is 0.240 e. The number of H-pyrrole nitrogens is 1. The molecule has 1 aliphatic rings. The standard InChI is InChI=1S/C51H34N2/c1-2-47-52-45-19-7-8-20-46(45)53(47)40-27-25-34(26-28-40)43-31-44(38-23-21-32-11-3-5-13-36(32)29-38)50-41-17-9-15-35-16-10-18-42(48(35)41)51(50)49(43)39-24-22-33-12-4-6-14-37(33)30-39/h3-31H,2H2,1H3/p+1. The fourth-order valence-corrected chi connectivity index (χ4v) is 8.91. The van der Waals surface area contributed by atoms with E-state index in [1.54, 1.807) is 0 Å².